The number of pyridine rings is 1. The number of carbonyl (C=O) groups excluding carboxylic acids is 1. The molecule has 130 valence electrons. The summed E-state index contributed by atoms with van der Waals surface area (Å²) in [5.74, 6) is 0.764. The topological polar surface area (TPSA) is 80.9 Å². The molecule has 0 atom stereocenters. The molecular weight excluding hydrogens is 360 g/mol. The molecule has 3 aromatic rings. The minimum absolute atomic E-state index is 0.171. The van der Waals surface area contributed by atoms with Gasteiger partial charge in [-0.3, -0.25) is 9.78 Å². The van der Waals surface area contributed by atoms with Crippen LogP contribution >= 0.6 is 22.9 Å². The van der Waals surface area contributed by atoms with E-state index >= 15 is 0 Å². The van der Waals surface area contributed by atoms with Gasteiger partial charge in [0.25, 0.3) is 5.91 Å². The van der Waals surface area contributed by atoms with Crippen molar-refractivity contribution in [2.75, 3.05) is 5.32 Å². The number of aromatic nitrogens is 3. The maximum absolute atomic E-state index is 12.3. The third-order valence-electron chi connectivity index (χ3n) is 3.40. The van der Waals surface area contributed by atoms with Crippen molar-refractivity contribution in [2.24, 2.45) is 0 Å². The van der Waals surface area contributed by atoms with Gasteiger partial charge in [0, 0.05) is 35.2 Å². The Morgan fingerprint density at radius 2 is 2.16 bits per heavy atom. The van der Waals surface area contributed by atoms with E-state index in [4.69, 9.17) is 16.1 Å². The highest BCUT2D eigenvalue weighted by Crippen LogP contribution is 2.24. The van der Waals surface area contributed by atoms with E-state index in [1.54, 1.807) is 23.7 Å². The summed E-state index contributed by atoms with van der Waals surface area (Å²) in [6.07, 6.45) is 2.14. The summed E-state index contributed by atoms with van der Waals surface area (Å²) >= 11 is 7.23. The number of hydrogen-bond acceptors (Lipinski definition) is 6. The molecule has 0 bridgehead atoms. The van der Waals surface area contributed by atoms with Gasteiger partial charge >= 0.3 is 0 Å². The standard InChI is InChI=1S/C17H17ClN4O2S/c1-17(2,3)13-7-14(22-24-13)21-16(23)12-9-25-15(20-12)6-11-5-4-10(18)8-19-11/h4-5,7-9H,6H2,1-3H3,(H,21,22,23). The van der Waals surface area contributed by atoms with E-state index in [-0.39, 0.29) is 11.3 Å². The highest BCUT2D eigenvalue weighted by molar-refractivity contribution is 7.09. The van der Waals surface area contributed by atoms with Crippen molar-refractivity contribution in [3.05, 3.63) is 57.0 Å². The average Bonchev–Trinajstić information content (AvgIpc) is 3.18. The van der Waals surface area contributed by atoms with E-state index in [0.29, 0.717) is 28.7 Å². The lowest BCUT2D eigenvalue weighted by Crippen LogP contribution is -2.13. The third-order valence-corrected chi connectivity index (χ3v) is 4.47. The second-order valence-electron chi connectivity index (χ2n) is 6.55. The first-order chi connectivity index (χ1) is 11.8. The highest BCUT2D eigenvalue weighted by atomic mass is 35.5. The lowest BCUT2D eigenvalue weighted by atomic mass is 9.93. The Morgan fingerprint density at radius 3 is 2.80 bits per heavy atom. The number of amides is 1. The van der Waals surface area contributed by atoms with Crippen molar-refractivity contribution in [3.8, 4) is 0 Å². The molecular formula is C17H17ClN4O2S. The van der Waals surface area contributed by atoms with Crippen molar-refractivity contribution < 1.29 is 9.32 Å². The van der Waals surface area contributed by atoms with Gasteiger partial charge in [0.1, 0.15) is 11.5 Å². The molecule has 0 fully saturated rings. The molecule has 0 unspecified atom stereocenters. The van der Waals surface area contributed by atoms with Crippen molar-refractivity contribution >= 4 is 34.7 Å². The summed E-state index contributed by atoms with van der Waals surface area (Å²) in [5, 5.41) is 9.68. The molecule has 3 heterocycles. The van der Waals surface area contributed by atoms with Crippen LogP contribution in [0.15, 0.2) is 34.3 Å². The largest absolute Gasteiger partial charge is 0.359 e. The molecule has 0 aliphatic heterocycles. The van der Waals surface area contributed by atoms with Crippen molar-refractivity contribution in [1.82, 2.24) is 15.1 Å². The van der Waals surface area contributed by atoms with Crippen molar-refractivity contribution in [1.29, 1.82) is 0 Å². The second-order valence-corrected chi connectivity index (χ2v) is 7.93. The summed E-state index contributed by atoms with van der Waals surface area (Å²) < 4.78 is 5.26. The number of carbonyl (C=O) groups is 1. The van der Waals surface area contributed by atoms with Gasteiger partial charge in [0.15, 0.2) is 5.82 Å². The van der Waals surface area contributed by atoms with E-state index < -0.39 is 0 Å². The lowest BCUT2D eigenvalue weighted by molar-refractivity contribution is 0.102. The van der Waals surface area contributed by atoms with Gasteiger partial charge in [0.2, 0.25) is 0 Å². The monoisotopic (exact) mass is 376 g/mol. The van der Waals surface area contributed by atoms with Gasteiger partial charge in [-0.1, -0.05) is 37.5 Å². The Hall–Kier alpha value is -2.25. The number of rotatable bonds is 4. The fourth-order valence-electron chi connectivity index (χ4n) is 2.03. The maximum atomic E-state index is 12.3. The van der Waals surface area contributed by atoms with E-state index in [1.807, 2.05) is 26.8 Å². The Morgan fingerprint density at radius 1 is 1.36 bits per heavy atom. The summed E-state index contributed by atoms with van der Waals surface area (Å²) in [6, 6.07) is 5.35. The van der Waals surface area contributed by atoms with Gasteiger partial charge in [-0.05, 0) is 12.1 Å². The lowest BCUT2D eigenvalue weighted by Gasteiger charge is -2.11. The molecule has 3 rings (SSSR count). The number of thiazole rings is 1. The molecule has 0 aromatic carbocycles. The molecule has 0 aliphatic rings. The smallest absolute Gasteiger partial charge is 0.276 e. The zero-order chi connectivity index (χ0) is 18.0. The van der Waals surface area contributed by atoms with E-state index in [9.17, 15) is 4.79 Å². The van der Waals surface area contributed by atoms with Gasteiger partial charge in [-0.15, -0.1) is 11.3 Å². The maximum Gasteiger partial charge on any atom is 0.276 e. The van der Waals surface area contributed by atoms with Gasteiger partial charge in [-0.2, -0.15) is 0 Å². The molecule has 0 saturated heterocycles. The van der Waals surface area contributed by atoms with Crippen molar-refractivity contribution in [3.63, 3.8) is 0 Å². The molecule has 1 N–H and O–H groups in total. The molecule has 1 amide bonds. The second kappa shape index (κ2) is 6.93. The molecule has 0 saturated carbocycles. The summed E-state index contributed by atoms with van der Waals surface area (Å²) in [5.41, 5.74) is 1.02. The van der Waals surface area contributed by atoms with E-state index in [1.165, 1.54) is 11.3 Å². The van der Waals surface area contributed by atoms with Crippen LogP contribution in [0.3, 0.4) is 0 Å². The molecule has 0 radical (unpaired) electrons. The van der Waals surface area contributed by atoms with E-state index in [2.05, 4.69) is 20.4 Å². The van der Waals surface area contributed by atoms with E-state index in [0.717, 1.165) is 10.7 Å². The minimum atomic E-state index is -0.319. The SMILES string of the molecule is CC(C)(C)c1cc(NC(=O)c2csc(Cc3ccc(Cl)cn3)n2)no1. The number of nitrogens with one attached hydrogen (secondary N) is 1. The molecule has 0 aliphatic carbocycles. The Labute approximate surface area is 154 Å². The number of hydrogen-bond donors (Lipinski definition) is 1. The quantitative estimate of drug-likeness (QED) is 0.733. The number of halogens is 1. The third kappa shape index (κ3) is 4.43. The summed E-state index contributed by atoms with van der Waals surface area (Å²) in [7, 11) is 0. The molecule has 3 aromatic heterocycles. The normalized spacial score (nSPS) is 11.5. The molecule has 25 heavy (non-hydrogen) atoms. The van der Waals surface area contributed by atoms with Crippen LogP contribution in [-0.2, 0) is 11.8 Å². The van der Waals surface area contributed by atoms with Gasteiger partial charge in [-0.25, -0.2) is 4.98 Å². The van der Waals surface area contributed by atoms with Crippen LogP contribution in [0.4, 0.5) is 5.82 Å². The van der Waals surface area contributed by atoms with Crippen LogP contribution in [0.1, 0.15) is 47.7 Å². The predicted molar refractivity (Wildman–Crippen MR) is 97.3 cm³/mol. The Bertz CT molecular complexity index is 881. The van der Waals surface area contributed by atoms with Crippen LogP contribution in [0.5, 0.6) is 0 Å². The van der Waals surface area contributed by atoms with Crippen LogP contribution in [0.2, 0.25) is 5.02 Å². The zero-order valence-corrected chi connectivity index (χ0v) is 15.6. The molecule has 0 spiro atoms. The zero-order valence-electron chi connectivity index (χ0n) is 14.0. The Kier molecular flexibility index (Phi) is 4.87. The highest BCUT2D eigenvalue weighted by Gasteiger charge is 2.21. The molecule has 8 heteroatoms. The van der Waals surface area contributed by atoms with Crippen molar-refractivity contribution in [2.45, 2.75) is 32.6 Å². The van der Waals surface area contributed by atoms with Gasteiger partial charge < -0.3 is 9.84 Å². The first-order valence-electron chi connectivity index (χ1n) is 7.64. The van der Waals surface area contributed by atoms with Crippen LogP contribution in [0.25, 0.3) is 0 Å². The first kappa shape index (κ1) is 17.6. The van der Waals surface area contributed by atoms with Crippen LogP contribution in [0, 0.1) is 0 Å². The average molecular weight is 377 g/mol. The Balaban J connectivity index is 1.66. The van der Waals surface area contributed by atoms with Crippen LogP contribution in [-0.4, -0.2) is 21.0 Å². The molecule has 6 nitrogen and oxygen atoms in total. The first-order valence-corrected chi connectivity index (χ1v) is 8.90. The predicted octanol–water partition coefficient (Wildman–Crippen LogP) is 4.32. The van der Waals surface area contributed by atoms with Gasteiger partial charge in [0.05, 0.1) is 10.0 Å². The fourth-order valence-corrected chi connectivity index (χ4v) is 2.93. The summed E-state index contributed by atoms with van der Waals surface area (Å²) in [6.45, 7) is 6.03. The minimum Gasteiger partial charge on any atom is -0.359 e. The number of anilines is 1. The van der Waals surface area contributed by atoms with Crippen LogP contribution < -0.4 is 5.32 Å². The fraction of sp³-hybridized carbons (Fsp3) is 0.294. The number of nitrogens with zero attached hydrogens (tertiary/aromatic N) is 3. The summed E-state index contributed by atoms with van der Waals surface area (Å²) in [4.78, 5) is 20.9.